The van der Waals surface area contributed by atoms with Crippen LogP contribution in [0.3, 0.4) is 0 Å². The van der Waals surface area contributed by atoms with Crippen molar-refractivity contribution in [3.63, 3.8) is 0 Å². The molecule has 5 aliphatic carbocycles. The molecule has 5 aliphatic rings. The summed E-state index contributed by atoms with van der Waals surface area (Å²) in [5.41, 5.74) is 0. The molecule has 8 atom stereocenters. The van der Waals surface area contributed by atoms with Gasteiger partial charge in [0.05, 0.1) is 24.4 Å². The van der Waals surface area contributed by atoms with Gasteiger partial charge in [-0.1, -0.05) is 0 Å². The maximum atomic E-state index is 12.0. The molecule has 0 amide bonds. The van der Waals surface area contributed by atoms with Gasteiger partial charge in [0.2, 0.25) is 0 Å². The van der Waals surface area contributed by atoms with Gasteiger partial charge in [-0.15, -0.1) is 0 Å². The van der Waals surface area contributed by atoms with Crippen LogP contribution in [0.25, 0.3) is 0 Å². The first kappa shape index (κ1) is 30.0. The van der Waals surface area contributed by atoms with E-state index in [-0.39, 0.29) is 71.0 Å². The van der Waals surface area contributed by atoms with E-state index in [1.165, 1.54) is 0 Å². The first-order chi connectivity index (χ1) is 19.2. The molecule has 5 fully saturated rings. The van der Waals surface area contributed by atoms with Crippen LogP contribution in [0.2, 0.25) is 0 Å². The molecule has 0 saturated heterocycles. The van der Waals surface area contributed by atoms with Crippen molar-refractivity contribution < 1.29 is 39.6 Å². The van der Waals surface area contributed by atoms with Gasteiger partial charge < -0.3 is 39.6 Å². The highest BCUT2D eigenvalue weighted by Gasteiger charge is 2.48. The van der Waals surface area contributed by atoms with Crippen LogP contribution in [0.1, 0.15) is 77.0 Å². The van der Waals surface area contributed by atoms with Crippen molar-refractivity contribution >= 4 is 25.1 Å². The summed E-state index contributed by atoms with van der Waals surface area (Å²) in [4.78, 5) is 47.9. The SMILES string of the molecule is O=CC1CC2CC3CC(C=O)CC(CC4CC(C=O)CC(CC5CC(C=O)CC(CC(C1)C2O)C5O)C4O)C3O. The van der Waals surface area contributed by atoms with E-state index in [2.05, 4.69) is 0 Å². The lowest BCUT2D eigenvalue weighted by Crippen LogP contribution is -2.48. The van der Waals surface area contributed by atoms with Gasteiger partial charge in [-0.05, 0) is 124 Å². The third kappa shape index (κ3) is 6.16. The highest BCUT2D eigenvalue weighted by Crippen LogP contribution is 2.49. The molecule has 224 valence electrons. The fourth-order valence-electron chi connectivity index (χ4n) is 10.0. The molecule has 40 heavy (non-hydrogen) atoms. The van der Waals surface area contributed by atoms with Gasteiger partial charge in [0, 0.05) is 23.7 Å². The molecule has 0 aliphatic heterocycles. The summed E-state index contributed by atoms with van der Waals surface area (Å²) in [7, 11) is 0. The molecule has 8 unspecified atom stereocenters. The Kier molecular flexibility index (Phi) is 9.60. The summed E-state index contributed by atoms with van der Waals surface area (Å²) in [6.07, 6.45) is 7.56. The second-order valence-corrected chi connectivity index (χ2v) is 14.5. The van der Waals surface area contributed by atoms with Gasteiger partial charge >= 0.3 is 0 Å². The lowest BCUT2D eigenvalue weighted by atomic mass is 9.59. The number of fused-ring (bicyclic) bond motifs is 8. The predicted molar refractivity (Wildman–Crippen MR) is 146 cm³/mol. The van der Waals surface area contributed by atoms with Crippen LogP contribution in [0.4, 0.5) is 0 Å². The Hall–Kier alpha value is -1.48. The zero-order valence-corrected chi connectivity index (χ0v) is 23.5. The maximum Gasteiger partial charge on any atom is 0.123 e. The Morgan fingerprint density at radius 1 is 0.300 bits per heavy atom. The number of aliphatic hydroxyl groups excluding tert-OH is 4. The monoisotopic (exact) mass is 560 g/mol. The fraction of sp³-hybridized carbons (Fsp3) is 0.875. The lowest BCUT2D eigenvalue weighted by molar-refractivity contribution is -0.123. The number of aldehydes is 4. The van der Waals surface area contributed by atoms with Crippen LogP contribution in [0, 0.1) is 71.0 Å². The Morgan fingerprint density at radius 3 is 0.575 bits per heavy atom. The molecule has 8 nitrogen and oxygen atoms in total. The van der Waals surface area contributed by atoms with Gasteiger partial charge in [-0.25, -0.2) is 0 Å². The zero-order valence-electron chi connectivity index (χ0n) is 23.5. The first-order valence-corrected chi connectivity index (χ1v) is 15.8. The van der Waals surface area contributed by atoms with E-state index in [9.17, 15) is 39.6 Å². The lowest BCUT2D eigenvalue weighted by Gasteiger charge is -2.48. The Morgan fingerprint density at radius 2 is 0.450 bits per heavy atom. The van der Waals surface area contributed by atoms with E-state index in [4.69, 9.17) is 0 Å². The highest BCUT2D eigenvalue weighted by molar-refractivity contribution is 5.55. The van der Waals surface area contributed by atoms with Crippen LogP contribution in [-0.2, 0) is 19.2 Å². The van der Waals surface area contributed by atoms with E-state index >= 15 is 0 Å². The minimum absolute atomic E-state index is 0.199. The van der Waals surface area contributed by atoms with E-state index in [1.807, 2.05) is 0 Å². The number of rotatable bonds is 4. The maximum absolute atomic E-state index is 12.0. The summed E-state index contributed by atoms with van der Waals surface area (Å²) < 4.78 is 0. The third-order valence-electron chi connectivity index (χ3n) is 11.9. The molecular formula is C32H48O8. The van der Waals surface area contributed by atoms with E-state index in [0.29, 0.717) is 77.0 Å². The zero-order chi connectivity index (χ0) is 28.6. The smallest absolute Gasteiger partial charge is 0.123 e. The molecule has 0 heterocycles. The molecule has 0 aromatic carbocycles. The van der Waals surface area contributed by atoms with Crippen LogP contribution in [0.15, 0.2) is 0 Å². The summed E-state index contributed by atoms with van der Waals surface area (Å²) in [5.74, 6) is -2.41. The Bertz CT molecular complexity index is 717. The molecule has 0 aromatic rings. The minimum Gasteiger partial charge on any atom is -0.393 e. The number of carbonyl (C=O) groups excluding carboxylic acids is 4. The van der Waals surface area contributed by atoms with Gasteiger partial charge in [0.25, 0.3) is 0 Å². The standard InChI is InChI=1S/C32H48O8/c33-13-17-1-21-9-23-3-18(14-34)4-25(30(23)38)11-26-7-20(16-36)8-28(32(26)40)12-27-6-19(15-35)5-24(31(27)39)10-22(2-17)29(21)37/h13-32,37-40H,1-12H2. The number of hydrogen-bond donors (Lipinski definition) is 4. The molecule has 4 N–H and O–H groups in total. The van der Waals surface area contributed by atoms with Crippen LogP contribution in [0.5, 0.6) is 0 Å². The summed E-state index contributed by atoms with van der Waals surface area (Å²) in [6.45, 7) is 0. The van der Waals surface area contributed by atoms with Crippen molar-refractivity contribution in [2.45, 2.75) is 101 Å². The molecule has 0 spiro atoms. The van der Waals surface area contributed by atoms with Crippen LogP contribution >= 0.6 is 0 Å². The highest BCUT2D eigenvalue weighted by atomic mass is 16.3. The number of aliphatic hydroxyl groups is 4. The second-order valence-electron chi connectivity index (χ2n) is 14.5. The molecule has 0 aromatic heterocycles. The predicted octanol–water partition coefficient (Wildman–Crippen LogP) is 2.37. The fourth-order valence-corrected chi connectivity index (χ4v) is 10.0. The van der Waals surface area contributed by atoms with E-state index in [0.717, 1.165) is 25.1 Å². The van der Waals surface area contributed by atoms with Gasteiger partial charge in [-0.3, -0.25) is 0 Å². The van der Waals surface area contributed by atoms with Crippen molar-refractivity contribution in [3.8, 4) is 0 Å². The van der Waals surface area contributed by atoms with Crippen LogP contribution < -0.4 is 0 Å². The number of carbonyl (C=O) groups is 4. The average Bonchev–Trinajstić information content (AvgIpc) is 2.95. The normalized spacial score (nSPS) is 51.7. The Labute approximate surface area is 237 Å². The van der Waals surface area contributed by atoms with Crippen molar-refractivity contribution in [1.82, 2.24) is 0 Å². The summed E-state index contributed by atoms with van der Waals surface area (Å²) in [5, 5.41) is 46.3. The van der Waals surface area contributed by atoms with Crippen molar-refractivity contribution in [2.24, 2.45) is 71.0 Å². The molecule has 8 bridgehead atoms. The average molecular weight is 561 g/mol. The topological polar surface area (TPSA) is 149 Å². The molecule has 5 rings (SSSR count). The quantitative estimate of drug-likeness (QED) is 0.383. The first-order valence-electron chi connectivity index (χ1n) is 15.8. The molecule has 0 radical (unpaired) electrons. The Balaban J connectivity index is 1.50. The van der Waals surface area contributed by atoms with Crippen molar-refractivity contribution in [1.29, 1.82) is 0 Å². The third-order valence-corrected chi connectivity index (χ3v) is 11.9. The van der Waals surface area contributed by atoms with Gasteiger partial charge in [0.1, 0.15) is 25.1 Å². The molecular weight excluding hydrogens is 512 g/mol. The summed E-state index contributed by atoms with van der Waals surface area (Å²) in [6, 6.07) is 0. The summed E-state index contributed by atoms with van der Waals surface area (Å²) >= 11 is 0. The number of hydrogen-bond acceptors (Lipinski definition) is 8. The second kappa shape index (κ2) is 12.8. The molecule has 8 heteroatoms. The minimum atomic E-state index is -0.678. The van der Waals surface area contributed by atoms with Crippen molar-refractivity contribution in [2.75, 3.05) is 0 Å². The van der Waals surface area contributed by atoms with E-state index < -0.39 is 24.4 Å². The van der Waals surface area contributed by atoms with Gasteiger partial charge in [-0.2, -0.15) is 0 Å². The molecule has 5 saturated carbocycles. The van der Waals surface area contributed by atoms with E-state index in [1.54, 1.807) is 0 Å². The van der Waals surface area contributed by atoms with Crippen molar-refractivity contribution in [3.05, 3.63) is 0 Å². The van der Waals surface area contributed by atoms with Gasteiger partial charge in [0.15, 0.2) is 0 Å². The van der Waals surface area contributed by atoms with Crippen LogP contribution in [-0.4, -0.2) is 70.0 Å². The largest absolute Gasteiger partial charge is 0.393 e.